The van der Waals surface area contributed by atoms with E-state index in [4.69, 9.17) is 0 Å². The predicted molar refractivity (Wildman–Crippen MR) is 125 cm³/mol. The van der Waals surface area contributed by atoms with E-state index >= 15 is 0 Å². The number of ketones is 1. The molecule has 2 heterocycles. The van der Waals surface area contributed by atoms with Gasteiger partial charge in [0.15, 0.2) is 5.78 Å². The Balaban J connectivity index is 1.75. The molecule has 0 saturated heterocycles. The first-order chi connectivity index (χ1) is 14.4. The summed E-state index contributed by atoms with van der Waals surface area (Å²) < 4.78 is 1.68. The van der Waals surface area contributed by atoms with Crippen molar-refractivity contribution in [1.82, 2.24) is 9.55 Å². The number of fused-ring (bicyclic) bond motifs is 1. The number of thioether (sulfide) groups is 1. The van der Waals surface area contributed by atoms with Gasteiger partial charge < -0.3 is 9.88 Å². The third-order valence-corrected chi connectivity index (χ3v) is 6.17. The molecule has 5 nitrogen and oxygen atoms in total. The van der Waals surface area contributed by atoms with Crippen LogP contribution in [0.3, 0.4) is 0 Å². The van der Waals surface area contributed by atoms with Gasteiger partial charge in [0.1, 0.15) is 0 Å². The quantitative estimate of drug-likeness (QED) is 0.581. The van der Waals surface area contributed by atoms with Gasteiger partial charge in [0, 0.05) is 47.6 Å². The number of anilines is 1. The maximum absolute atomic E-state index is 13.1. The van der Waals surface area contributed by atoms with Gasteiger partial charge >= 0.3 is 0 Å². The third-order valence-electron chi connectivity index (χ3n) is 5.51. The molecule has 0 unspecified atom stereocenters. The standard InChI is InChI=1S/C24H25N3O2S/c1-14-5-8-18(26-23(30-4)12-22(28)16-6-7-16)11-19(14)20-10-17-13-25-15(2)9-21(17)27(3)24(20)29/h5,8-13,16,26H,6-7H2,1-4H3/b23-12-. The molecule has 1 saturated carbocycles. The van der Waals surface area contributed by atoms with Crippen LogP contribution in [0.2, 0.25) is 0 Å². The zero-order valence-electron chi connectivity index (χ0n) is 17.7. The molecule has 0 aliphatic heterocycles. The van der Waals surface area contributed by atoms with Crippen LogP contribution in [0.5, 0.6) is 0 Å². The highest BCUT2D eigenvalue weighted by Crippen LogP contribution is 2.32. The second kappa shape index (κ2) is 8.11. The number of pyridine rings is 2. The normalized spacial score (nSPS) is 14.2. The largest absolute Gasteiger partial charge is 0.350 e. The smallest absolute Gasteiger partial charge is 0.258 e. The van der Waals surface area contributed by atoms with Crippen LogP contribution in [0, 0.1) is 19.8 Å². The van der Waals surface area contributed by atoms with Crippen LogP contribution >= 0.6 is 11.8 Å². The summed E-state index contributed by atoms with van der Waals surface area (Å²) in [4.78, 5) is 29.7. The number of carbonyl (C=O) groups excluding carboxylic acids is 1. The van der Waals surface area contributed by atoms with Crippen LogP contribution in [-0.2, 0) is 11.8 Å². The zero-order valence-corrected chi connectivity index (χ0v) is 18.5. The lowest BCUT2D eigenvalue weighted by molar-refractivity contribution is -0.115. The molecule has 30 heavy (non-hydrogen) atoms. The molecule has 4 rings (SSSR count). The number of aryl methyl sites for hydroxylation is 3. The minimum Gasteiger partial charge on any atom is -0.350 e. The van der Waals surface area contributed by atoms with E-state index in [1.165, 1.54) is 11.8 Å². The Morgan fingerprint density at radius 1 is 1.20 bits per heavy atom. The average molecular weight is 420 g/mol. The molecule has 1 N–H and O–H groups in total. The van der Waals surface area contributed by atoms with Crippen molar-refractivity contribution in [2.45, 2.75) is 26.7 Å². The highest BCUT2D eigenvalue weighted by Gasteiger charge is 2.28. The first kappa shape index (κ1) is 20.4. The average Bonchev–Trinajstić information content (AvgIpc) is 3.57. The molecule has 1 aliphatic carbocycles. The lowest BCUT2D eigenvalue weighted by atomic mass is 9.99. The van der Waals surface area contributed by atoms with Crippen molar-refractivity contribution in [3.63, 3.8) is 0 Å². The number of hydrogen-bond donors (Lipinski definition) is 1. The Hall–Kier alpha value is -2.86. The lowest BCUT2D eigenvalue weighted by Gasteiger charge is -2.14. The molecule has 0 spiro atoms. The van der Waals surface area contributed by atoms with Gasteiger partial charge in [-0.25, -0.2) is 0 Å². The first-order valence-electron chi connectivity index (χ1n) is 10.0. The summed E-state index contributed by atoms with van der Waals surface area (Å²) >= 11 is 1.51. The van der Waals surface area contributed by atoms with E-state index in [-0.39, 0.29) is 17.3 Å². The summed E-state index contributed by atoms with van der Waals surface area (Å²) in [6.07, 6.45) is 7.44. The van der Waals surface area contributed by atoms with Crippen LogP contribution in [0.4, 0.5) is 5.69 Å². The molecule has 1 aromatic carbocycles. The minimum atomic E-state index is -0.0436. The number of nitrogens with one attached hydrogen (secondary N) is 1. The van der Waals surface area contributed by atoms with Crippen molar-refractivity contribution < 1.29 is 4.79 Å². The zero-order chi connectivity index (χ0) is 21.4. The van der Waals surface area contributed by atoms with Crippen LogP contribution in [0.15, 0.2) is 52.4 Å². The molecular formula is C24H25N3O2S. The monoisotopic (exact) mass is 419 g/mol. The van der Waals surface area contributed by atoms with Crippen molar-refractivity contribution >= 4 is 34.1 Å². The van der Waals surface area contributed by atoms with Crippen LogP contribution in [0.1, 0.15) is 24.1 Å². The second-order valence-corrected chi connectivity index (χ2v) is 8.70. The summed E-state index contributed by atoms with van der Waals surface area (Å²) in [5.74, 6) is 0.380. The fourth-order valence-corrected chi connectivity index (χ4v) is 4.00. The molecule has 0 bridgehead atoms. The van der Waals surface area contributed by atoms with E-state index in [1.54, 1.807) is 17.7 Å². The van der Waals surface area contributed by atoms with Gasteiger partial charge in [0.25, 0.3) is 5.56 Å². The summed E-state index contributed by atoms with van der Waals surface area (Å²) in [7, 11) is 1.79. The van der Waals surface area contributed by atoms with Gasteiger partial charge in [-0.2, -0.15) is 0 Å². The van der Waals surface area contributed by atoms with Crippen molar-refractivity contribution in [3.05, 3.63) is 69.2 Å². The Labute approximate surface area is 180 Å². The second-order valence-electron chi connectivity index (χ2n) is 7.85. The Kier molecular flexibility index (Phi) is 5.52. The van der Waals surface area contributed by atoms with Crippen molar-refractivity contribution in [3.8, 4) is 11.1 Å². The SMILES string of the molecule is CS/C(=C\C(=O)C1CC1)Nc1ccc(C)c(-c2cc3cnc(C)cc3n(C)c2=O)c1. The van der Waals surface area contributed by atoms with E-state index in [0.29, 0.717) is 5.56 Å². The predicted octanol–water partition coefficient (Wildman–Crippen LogP) is 4.81. The fraction of sp³-hybridized carbons (Fsp3) is 0.292. The number of carbonyl (C=O) groups is 1. The highest BCUT2D eigenvalue weighted by molar-refractivity contribution is 8.02. The number of benzene rings is 1. The van der Waals surface area contributed by atoms with Gasteiger partial charge in [-0.3, -0.25) is 14.6 Å². The van der Waals surface area contributed by atoms with Gasteiger partial charge in [0.05, 0.1) is 10.5 Å². The number of aromatic nitrogens is 2. The molecule has 1 aliphatic rings. The number of allylic oxidation sites excluding steroid dienone is 1. The number of rotatable bonds is 6. The topological polar surface area (TPSA) is 64.0 Å². The Morgan fingerprint density at radius 2 is 1.97 bits per heavy atom. The van der Waals surface area contributed by atoms with Gasteiger partial charge in [-0.1, -0.05) is 6.07 Å². The molecule has 154 valence electrons. The van der Waals surface area contributed by atoms with Gasteiger partial charge in [-0.05, 0) is 68.3 Å². The molecule has 0 amide bonds. The number of nitrogens with zero attached hydrogens (tertiary/aromatic N) is 2. The maximum atomic E-state index is 13.1. The van der Waals surface area contributed by atoms with Crippen molar-refractivity contribution in [1.29, 1.82) is 0 Å². The van der Waals surface area contributed by atoms with Gasteiger partial charge in [0.2, 0.25) is 0 Å². The fourth-order valence-electron chi connectivity index (χ4n) is 3.55. The van der Waals surface area contributed by atoms with E-state index in [9.17, 15) is 9.59 Å². The first-order valence-corrected chi connectivity index (χ1v) is 11.2. The van der Waals surface area contributed by atoms with E-state index in [2.05, 4.69) is 10.3 Å². The van der Waals surface area contributed by atoms with Crippen LogP contribution in [0.25, 0.3) is 22.0 Å². The molecule has 0 atom stereocenters. The maximum Gasteiger partial charge on any atom is 0.258 e. The molecule has 0 radical (unpaired) electrons. The summed E-state index contributed by atoms with van der Waals surface area (Å²) in [5, 5.41) is 5.08. The van der Waals surface area contributed by atoms with Crippen LogP contribution < -0.4 is 10.9 Å². The molecule has 1 fully saturated rings. The third kappa shape index (κ3) is 4.05. The van der Waals surface area contributed by atoms with E-state index < -0.39 is 0 Å². The van der Waals surface area contributed by atoms with Gasteiger partial charge in [-0.15, -0.1) is 11.8 Å². The molecule has 2 aromatic heterocycles. The number of hydrogen-bond acceptors (Lipinski definition) is 5. The van der Waals surface area contributed by atoms with Crippen LogP contribution in [-0.4, -0.2) is 21.6 Å². The molecule has 6 heteroatoms. The van der Waals surface area contributed by atoms with Crippen molar-refractivity contribution in [2.75, 3.05) is 11.6 Å². The molecule has 3 aromatic rings. The lowest BCUT2D eigenvalue weighted by Crippen LogP contribution is -2.19. The van der Waals surface area contributed by atoms with E-state index in [1.807, 2.05) is 56.6 Å². The van der Waals surface area contributed by atoms with E-state index in [0.717, 1.165) is 51.3 Å². The summed E-state index contributed by atoms with van der Waals surface area (Å²) in [6, 6.07) is 9.79. The minimum absolute atomic E-state index is 0.0436. The summed E-state index contributed by atoms with van der Waals surface area (Å²) in [5.41, 5.74) is 5.08. The Morgan fingerprint density at radius 3 is 2.67 bits per heavy atom. The molecular weight excluding hydrogens is 394 g/mol. The van der Waals surface area contributed by atoms with Crippen molar-refractivity contribution in [2.24, 2.45) is 13.0 Å². The summed E-state index contributed by atoms with van der Waals surface area (Å²) in [6.45, 7) is 3.92. The highest BCUT2D eigenvalue weighted by atomic mass is 32.2. The Bertz CT molecular complexity index is 1240.